The first kappa shape index (κ1) is 32.9. The summed E-state index contributed by atoms with van der Waals surface area (Å²) in [6, 6.07) is 10.6. The third-order valence-corrected chi connectivity index (χ3v) is 9.72. The van der Waals surface area contributed by atoms with Gasteiger partial charge in [-0.1, -0.05) is 44.5 Å². The number of aliphatic hydroxyl groups is 1. The van der Waals surface area contributed by atoms with E-state index in [1.165, 1.54) is 12.8 Å². The molecule has 43 heavy (non-hydrogen) atoms. The first-order chi connectivity index (χ1) is 20.9. The molecule has 1 fully saturated rings. The number of hydrogen-bond donors (Lipinski definition) is 2. The Hall–Kier alpha value is -3.01. The number of carboxylic acid groups (broad SMARTS) is 1. The summed E-state index contributed by atoms with van der Waals surface area (Å²) in [7, 11) is 1.00. The highest BCUT2D eigenvalue weighted by atomic mass is 32.1. The number of halogens is 1. The zero-order chi connectivity index (χ0) is 30.9. The molecule has 234 valence electrons. The van der Waals surface area contributed by atoms with E-state index in [0.717, 1.165) is 78.3 Å². The van der Waals surface area contributed by atoms with Gasteiger partial charge in [0.25, 0.3) is 0 Å². The standard InChI is InChI=1S/C33H42FN3O3S.CH4O/c1-4-7-26(5-2)36-16-12-23-10-11-25(30(34)27(23)15-19-36)20-40-31-22(3)8-6-9-28(31)29-21-41-33(35-29)37-17-13-24(14-18-37)32(38)39;1-2/h6,8-11,21,24,26H,4-5,7,12-20H2,1-3H3,(H,38,39);2H,1H3. The summed E-state index contributed by atoms with van der Waals surface area (Å²) in [5.41, 5.74) is 5.25. The lowest BCUT2D eigenvalue weighted by molar-refractivity contribution is -0.142. The third-order valence-electron chi connectivity index (χ3n) is 8.81. The second-order valence-electron chi connectivity index (χ2n) is 11.4. The van der Waals surface area contributed by atoms with Crippen molar-refractivity contribution in [3.8, 4) is 17.0 Å². The van der Waals surface area contributed by atoms with Crippen molar-refractivity contribution in [2.45, 2.75) is 78.4 Å². The van der Waals surface area contributed by atoms with Crippen molar-refractivity contribution in [3.05, 3.63) is 63.8 Å². The van der Waals surface area contributed by atoms with Crippen LogP contribution in [0.3, 0.4) is 0 Å². The Kier molecular flexibility index (Phi) is 12.0. The fourth-order valence-corrected chi connectivity index (χ4v) is 7.23. The Labute approximate surface area is 259 Å². The van der Waals surface area contributed by atoms with Crippen molar-refractivity contribution in [2.75, 3.05) is 38.2 Å². The van der Waals surface area contributed by atoms with Gasteiger partial charge in [0.2, 0.25) is 0 Å². The van der Waals surface area contributed by atoms with Crippen LogP contribution in [-0.4, -0.2) is 65.4 Å². The average molecular weight is 612 g/mol. The van der Waals surface area contributed by atoms with Crippen molar-refractivity contribution in [1.29, 1.82) is 0 Å². The summed E-state index contributed by atoms with van der Waals surface area (Å²) in [6.45, 7) is 9.92. The number of fused-ring (bicyclic) bond motifs is 1. The predicted octanol–water partition coefficient (Wildman–Crippen LogP) is 6.73. The Morgan fingerprint density at radius 1 is 1.12 bits per heavy atom. The molecule has 1 unspecified atom stereocenters. The third kappa shape index (κ3) is 7.75. The molecule has 1 saturated heterocycles. The topological polar surface area (TPSA) is 86.1 Å². The molecule has 2 aromatic carbocycles. The summed E-state index contributed by atoms with van der Waals surface area (Å²) in [5, 5.41) is 19.2. The van der Waals surface area contributed by atoms with Crippen LogP contribution in [0.5, 0.6) is 5.75 Å². The largest absolute Gasteiger partial charge is 0.488 e. The summed E-state index contributed by atoms with van der Waals surface area (Å²) >= 11 is 1.56. The first-order valence-corrected chi connectivity index (χ1v) is 16.4. The first-order valence-electron chi connectivity index (χ1n) is 15.5. The van der Waals surface area contributed by atoms with E-state index < -0.39 is 5.97 Å². The van der Waals surface area contributed by atoms with E-state index in [0.29, 0.717) is 37.5 Å². The molecular weight excluding hydrogens is 565 g/mol. The van der Waals surface area contributed by atoms with Crippen LogP contribution < -0.4 is 9.64 Å². The second kappa shape index (κ2) is 15.6. The minimum atomic E-state index is -0.712. The highest BCUT2D eigenvalue weighted by molar-refractivity contribution is 7.14. The molecule has 9 heteroatoms. The van der Waals surface area contributed by atoms with Gasteiger partial charge >= 0.3 is 5.97 Å². The maximum absolute atomic E-state index is 15.9. The zero-order valence-electron chi connectivity index (χ0n) is 25.9. The number of rotatable bonds is 10. The van der Waals surface area contributed by atoms with Gasteiger partial charge < -0.3 is 19.8 Å². The highest BCUT2D eigenvalue weighted by Gasteiger charge is 2.27. The molecule has 0 aliphatic carbocycles. The van der Waals surface area contributed by atoms with E-state index in [1.807, 2.05) is 36.6 Å². The van der Waals surface area contributed by atoms with Gasteiger partial charge in [0, 0.05) is 55.8 Å². The monoisotopic (exact) mass is 611 g/mol. The number of benzene rings is 2. The van der Waals surface area contributed by atoms with Crippen molar-refractivity contribution < 1.29 is 24.1 Å². The van der Waals surface area contributed by atoms with Crippen LogP contribution in [0, 0.1) is 18.7 Å². The number of aliphatic carboxylic acids is 1. The number of aryl methyl sites for hydroxylation is 1. The lowest BCUT2D eigenvalue weighted by atomic mass is 9.97. The maximum Gasteiger partial charge on any atom is 0.306 e. The number of hydrogen-bond acceptors (Lipinski definition) is 7. The van der Waals surface area contributed by atoms with E-state index in [9.17, 15) is 9.90 Å². The molecular formula is C34H46FN3O4S. The average Bonchev–Trinajstić information content (AvgIpc) is 3.42. The Morgan fingerprint density at radius 3 is 2.56 bits per heavy atom. The van der Waals surface area contributed by atoms with Crippen LogP contribution in [0.1, 0.15) is 68.2 Å². The molecule has 3 aromatic rings. The Morgan fingerprint density at radius 2 is 1.86 bits per heavy atom. The van der Waals surface area contributed by atoms with Crippen LogP contribution in [-0.2, 0) is 24.2 Å². The van der Waals surface area contributed by atoms with Gasteiger partial charge in [-0.25, -0.2) is 9.37 Å². The molecule has 7 nitrogen and oxygen atoms in total. The summed E-state index contributed by atoms with van der Waals surface area (Å²) in [6.07, 6.45) is 6.38. The number of piperidine rings is 1. The minimum Gasteiger partial charge on any atom is -0.488 e. The number of carbonyl (C=O) groups is 1. The van der Waals surface area contributed by atoms with Crippen molar-refractivity contribution in [3.63, 3.8) is 0 Å². The number of nitrogens with zero attached hydrogens (tertiary/aromatic N) is 3. The molecule has 0 bridgehead atoms. The summed E-state index contributed by atoms with van der Waals surface area (Å²) in [4.78, 5) is 20.9. The van der Waals surface area contributed by atoms with Gasteiger partial charge in [0.15, 0.2) is 5.13 Å². The number of aliphatic hydroxyl groups excluding tert-OH is 1. The van der Waals surface area contributed by atoms with Crippen molar-refractivity contribution in [1.82, 2.24) is 9.88 Å². The smallest absolute Gasteiger partial charge is 0.306 e. The fraction of sp³-hybridized carbons (Fsp3) is 0.529. The van der Waals surface area contributed by atoms with Gasteiger partial charge in [-0.2, -0.15) is 0 Å². The Balaban J connectivity index is 0.00000207. The van der Waals surface area contributed by atoms with Gasteiger partial charge in [-0.15, -0.1) is 11.3 Å². The molecule has 0 spiro atoms. The normalized spacial score (nSPS) is 16.6. The molecule has 3 heterocycles. The molecule has 2 aliphatic heterocycles. The molecule has 1 aromatic heterocycles. The maximum atomic E-state index is 15.9. The van der Waals surface area contributed by atoms with Crippen molar-refractivity contribution in [2.24, 2.45) is 5.92 Å². The zero-order valence-corrected chi connectivity index (χ0v) is 26.8. The van der Waals surface area contributed by atoms with E-state index in [-0.39, 0.29) is 18.3 Å². The fourth-order valence-electron chi connectivity index (χ4n) is 6.35. The highest BCUT2D eigenvalue weighted by Crippen LogP contribution is 2.37. The van der Waals surface area contributed by atoms with Crippen molar-refractivity contribution >= 4 is 22.4 Å². The summed E-state index contributed by atoms with van der Waals surface area (Å²) in [5.74, 6) is -0.386. The number of ether oxygens (including phenoxy) is 1. The number of para-hydroxylation sites is 1. The van der Waals surface area contributed by atoms with Crippen LogP contribution in [0.25, 0.3) is 11.3 Å². The van der Waals surface area contributed by atoms with Crippen LogP contribution in [0.4, 0.5) is 9.52 Å². The number of carboxylic acids is 1. The number of aromatic nitrogens is 1. The van der Waals surface area contributed by atoms with Gasteiger partial charge in [-0.05, 0) is 68.2 Å². The quantitative estimate of drug-likeness (QED) is 0.263. The Bertz CT molecular complexity index is 1360. The second-order valence-corrected chi connectivity index (χ2v) is 12.3. The van der Waals surface area contributed by atoms with Gasteiger partial charge in [0.05, 0.1) is 11.6 Å². The summed E-state index contributed by atoms with van der Waals surface area (Å²) < 4.78 is 22.2. The SMILES string of the molecule is CCCC(CC)N1CCc2ccc(COc3c(C)cccc3-c3csc(N4CCC(C(=O)O)CC4)n3)c(F)c2CC1.CO. The van der Waals surface area contributed by atoms with E-state index in [2.05, 4.69) is 29.7 Å². The minimum absolute atomic E-state index is 0.122. The molecule has 2 N–H and O–H groups in total. The van der Waals surface area contributed by atoms with E-state index in [4.69, 9.17) is 14.8 Å². The number of thiazole rings is 1. The number of anilines is 1. The molecule has 0 saturated carbocycles. The van der Waals surface area contributed by atoms with Crippen LogP contribution in [0.15, 0.2) is 35.7 Å². The van der Waals surface area contributed by atoms with E-state index >= 15 is 4.39 Å². The van der Waals surface area contributed by atoms with Gasteiger partial charge in [-0.3, -0.25) is 9.69 Å². The molecule has 1 atom stereocenters. The van der Waals surface area contributed by atoms with E-state index in [1.54, 1.807) is 11.3 Å². The molecule has 0 amide bonds. The lowest BCUT2D eigenvalue weighted by Crippen LogP contribution is -2.36. The van der Waals surface area contributed by atoms with Gasteiger partial charge in [0.1, 0.15) is 18.2 Å². The predicted molar refractivity (Wildman–Crippen MR) is 172 cm³/mol. The molecule has 0 radical (unpaired) electrons. The lowest BCUT2D eigenvalue weighted by Gasteiger charge is -2.29. The van der Waals surface area contributed by atoms with Crippen LogP contribution in [0.2, 0.25) is 0 Å². The molecule has 2 aliphatic rings. The van der Waals surface area contributed by atoms with Crippen LogP contribution >= 0.6 is 11.3 Å². The molecule has 5 rings (SSSR count).